The van der Waals surface area contributed by atoms with Crippen LogP contribution < -0.4 is 9.47 Å². The van der Waals surface area contributed by atoms with Crippen molar-refractivity contribution in [3.8, 4) is 34.3 Å². The number of aromatic nitrogens is 4. The van der Waals surface area contributed by atoms with Gasteiger partial charge in [0.2, 0.25) is 0 Å². The van der Waals surface area contributed by atoms with Gasteiger partial charge in [-0.3, -0.25) is 19.9 Å². The van der Waals surface area contributed by atoms with Gasteiger partial charge in [0, 0.05) is 36.9 Å². The number of fused-ring (bicyclic) bond motifs is 13. The molecule has 6 rings (SSSR count). The van der Waals surface area contributed by atoms with Crippen LogP contribution in [0.1, 0.15) is 35.8 Å². The Morgan fingerprint density at radius 1 is 0.439 bits per heavy atom. The van der Waals surface area contributed by atoms with Crippen LogP contribution in [-0.4, -0.2) is 72.8 Å². The molecule has 9 heteroatoms. The Bertz CT molecular complexity index is 1330. The number of nitrogens with zero attached hydrogens (tertiary/aromatic N) is 4. The molecule has 0 saturated heterocycles. The van der Waals surface area contributed by atoms with Crippen molar-refractivity contribution in [1.82, 2.24) is 19.9 Å². The maximum Gasteiger partial charge on any atom is 0.123 e. The molecule has 0 radical (unpaired) electrons. The number of ether oxygens (including phenoxy) is 5. The molecule has 0 spiro atoms. The fourth-order valence-electron chi connectivity index (χ4n) is 5.19. The number of pyridine rings is 4. The molecule has 1 fully saturated rings. The summed E-state index contributed by atoms with van der Waals surface area (Å²) in [5.41, 5.74) is 5.78. The van der Waals surface area contributed by atoms with E-state index in [4.69, 9.17) is 23.7 Å². The van der Waals surface area contributed by atoms with Crippen molar-refractivity contribution in [3.63, 3.8) is 0 Å². The predicted octanol–water partition coefficient (Wildman–Crippen LogP) is 5.08. The second kappa shape index (κ2) is 13.6. The second-order valence-electron chi connectivity index (χ2n) is 10.0. The van der Waals surface area contributed by atoms with E-state index in [1.54, 1.807) is 12.4 Å². The van der Waals surface area contributed by atoms with Gasteiger partial charge in [0.25, 0.3) is 0 Å². The first-order valence-electron chi connectivity index (χ1n) is 14.2. The van der Waals surface area contributed by atoms with Gasteiger partial charge in [0.05, 0.1) is 62.4 Å². The molecule has 1 aliphatic heterocycles. The standard InChI is InChI=1S/C32H34N4O5/c1-2-28-24-4-8-34-30(20-24)32-22-26(6-10-36-32)41-18-16-39-14-12-37-11-13-38-15-17-40-25-5-9-35-31(21-25)29-19-23(27(1)28)3-7-33-29/h3-10,19-22,27-28H,1-2,11-18H2. The van der Waals surface area contributed by atoms with E-state index >= 15 is 0 Å². The molecule has 41 heavy (non-hydrogen) atoms. The number of hydrogen-bond acceptors (Lipinski definition) is 9. The lowest BCUT2D eigenvalue weighted by molar-refractivity contribution is 0.00499. The Kier molecular flexibility index (Phi) is 9.06. The van der Waals surface area contributed by atoms with Crippen LogP contribution in [-0.2, 0) is 14.2 Å². The van der Waals surface area contributed by atoms with Crippen LogP contribution in [0.15, 0.2) is 73.3 Å². The smallest absolute Gasteiger partial charge is 0.123 e. The van der Waals surface area contributed by atoms with E-state index in [2.05, 4.69) is 44.2 Å². The highest BCUT2D eigenvalue weighted by Crippen LogP contribution is 2.49. The van der Waals surface area contributed by atoms with E-state index in [1.807, 2.05) is 36.7 Å². The first-order chi connectivity index (χ1) is 20.3. The minimum atomic E-state index is 0.401. The monoisotopic (exact) mass is 554 g/mol. The molecule has 1 aliphatic carbocycles. The van der Waals surface area contributed by atoms with Crippen molar-refractivity contribution in [3.05, 3.63) is 84.4 Å². The maximum atomic E-state index is 5.90. The molecular formula is C32H34N4O5. The van der Waals surface area contributed by atoms with Crippen LogP contribution in [0.4, 0.5) is 0 Å². The molecule has 2 aliphatic rings. The van der Waals surface area contributed by atoms with Crippen LogP contribution in [0.2, 0.25) is 0 Å². The van der Waals surface area contributed by atoms with Crippen molar-refractivity contribution < 1.29 is 23.7 Å². The van der Waals surface area contributed by atoms with Gasteiger partial charge >= 0.3 is 0 Å². The zero-order chi connectivity index (χ0) is 27.7. The fraction of sp³-hybridized carbons (Fsp3) is 0.375. The topological polar surface area (TPSA) is 97.7 Å². The molecule has 0 aromatic carbocycles. The molecule has 0 N–H and O–H groups in total. The SMILES string of the molecule is c1cc2cc(n1)-c1cc(ccn1)C1CCC1c1ccnc(c1)-c1cc(ccn1)OCCOCCOCCOCCO2. The Hall–Kier alpha value is -3.92. The maximum absolute atomic E-state index is 5.90. The van der Waals surface area contributed by atoms with E-state index in [0.29, 0.717) is 64.7 Å². The molecule has 2 atom stereocenters. The van der Waals surface area contributed by atoms with Crippen LogP contribution in [0.5, 0.6) is 11.5 Å². The van der Waals surface area contributed by atoms with Crippen molar-refractivity contribution >= 4 is 0 Å². The first-order valence-corrected chi connectivity index (χ1v) is 14.2. The fourth-order valence-corrected chi connectivity index (χ4v) is 5.19. The normalized spacial score (nSPS) is 20.3. The van der Waals surface area contributed by atoms with Gasteiger partial charge in [-0.2, -0.15) is 0 Å². The molecule has 212 valence electrons. The van der Waals surface area contributed by atoms with Crippen LogP contribution >= 0.6 is 0 Å². The minimum absolute atomic E-state index is 0.401. The van der Waals surface area contributed by atoms with Crippen molar-refractivity contribution in [2.45, 2.75) is 24.7 Å². The highest BCUT2D eigenvalue weighted by Gasteiger charge is 2.34. The van der Waals surface area contributed by atoms with E-state index < -0.39 is 0 Å². The van der Waals surface area contributed by atoms with Gasteiger partial charge in [0.1, 0.15) is 24.7 Å². The van der Waals surface area contributed by atoms with E-state index in [-0.39, 0.29) is 0 Å². The highest BCUT2D eigenvalue weighted by molar-refractivity contribution is 5.59. The van der Waals surface area contributed by atoms with Crippen molar-refractivity contribution in [2.75, 3.05) is 52.9 Å². The summed E-state index contributed by atoms with van der Waals surface area (Å²) in [6.07, 6.45) is 9.51. The summed E-state index contributed by atoms with van der Waals surface area (Å²) in [5.74, 6) is 2.28. The van der Waals surface area contributed by atoms with Gasteiger partial charge in [-0.25, -0.2) is 0 Å². The quantitative estimate of drug-likeness (QED) is 0.295. The largest absolute Gasteiger partial charge is 0.491 e. The van der Waals surface area contributed by atoms with E-state index in [1.165, 1.54) is 11.1 Å². The first kappa shape index (κ1) is 27.3. The van der Waals surface area contributed by atoms with Crippen molar-refractivity contribution in [1.29, 1.82) is 0 Å². The third-order valence-electron chi connectivity index (χ3n) is 7.42. The van der Waals surface area contributed by atoms with Gasteiger partial charge < -0.3 is 23.7 Å². The highest BCUT2D eigenvalue weighted by atomic mass is 16.6. The Morgan fingerprint density at radius 3 is 1.22 bits per heavy atom. The Balaban J connectivity index is 1.23. The van der Waals surface area contributed by atoms with Crippen LogP contribution in [0.3, 0.4) is 0 Å². The summed E-state index contributed by atoms with van der Waals surface area (Å²) >= 11 is 0. The lowest BCUT2D eigenvalue weighted by atomic mass is 9.67. The summed E-state index contributed by atoms with van der Waals surface area (Å²) in [5, 5.41) is 0. The average Bonchev–Trinajstić information content (AvgIpc) is 2.99. The molecule has 4 aromatic rings. The zero-order valence-electron chi connectivity index (χ0n) is 23.0. The predicted molar refractivity (Wildman–Crippen MR) is 153 cm³/mol. The third-order valence-corrected chi connectivity index (χ3v) is 7.42. The van der Waals surface area contributed by atoms with Gasteiger partial charge in [-0.1, -0.05) is 0 Å². The Morgan fingerprint density at radius 2 is 0.805 bits per heavy atom. The minimum Gasteiger partial charge on any atom is -0.491 e. The molecule has 0 amide bonds. The summed E-state index contributed by atoms with van der Waals surface area (Å²) in [4.78, 5) is 18.4. The third kappa shape index (κ3) is 7.05. The molecule has 4 aromatic heterocycles. The average molecular weight is 555 g/mol. The zero-order valence-corrected chi connectivity index (χ0v) is 23.0. The number of hydrogen-bond donors (Lipinski definition) is 0. The van der Waals surface area contributed by atoms with Crippen molar-refractivity contribution in [2.24, 2.45) is 0 Å². The Labute approximate surface area is 239 Å². The molecule has 5 heterocycles. The molecule has 9 nitrogen and oxygen atoms in total. The molecule has 2 unspecified atom stereocenters. The van der Waals surface area contributed by atoms with Crippen LogP contribution in [0, 0.1) is 0 Å². The van der Waals surface area contributed by atoms with E-state index in [9.17, 15) is 0 Å². The number of rotatable bonds is 0. The molecule has 1 saturated carbocycles. The summed E-state index contributed by atoms with van der Waals surface area (Å²) < 4.78 is 28.6. The second-order valence-corrected chi connectivity index (χ2v) is 10.0. The summed E-state index contributed by atoms with van der Waals surface area (Å²) in [6.45, 7) is 3.81. The lowest BCUT2D eigenvalue weighted by Gasteiger charge is -2.37. The van der Waals surface area contributed by atoms with Crippen LogP contribution in [0.25, 0.3) is 22.8 Å². The van der Waals surface area contributed by atoms with E-state index in [0.717, 1.165) is 47.1 Å². The summed E-state index contributed by atoms with van der Waals surface area (Å²) in [6, 6.07) is 16.1. The lowest BCUT2D eigenvalue weighted by Crippen LogP contribution is -2.22. The van der Waals surface area contributed by atoms with Gasteiger partial charge in [-0.05, 0) is 72.2 Å². The van der Waals surface area contributed by atoms with Gasteiger partial charge in [-0.15, -0.1) is 0 Å². The molecule has 8 bridgehead atoms. The van der Waals surface area contributed by atoms with Gasteiger partial charge in [0.15, 0.2) is 0 Å². The molecular weight excluding hydrogens is 520 g/mol. The summed E-state index contributed by atoms with van der Waals surface area (Å²) in [7, 11) is 0.